The molecule has 1 saturated heterocycles. The number of hydrogen-bond acceptors (Lipinski definition) is 4. The maximum absolute atomic E-state index is 14.8. The van der Waals surface area contributed by atoms with Crippen LogP contribution in [0.1, 0.15) is 29.9 Å². The molecule has 30 heavy (non-hydrogen) atoms. The van der Waals surface area contributed by atoms with Crippen LogP contribution in [-0.4, -0.2) is 49.5 Å². The van der Waals surface area contributed by atoms with Gasteiger partial charge in [-0.3, -0.25) is 4.18 Å². The van der Waals surface area contributed by atoms with E-state index in [2.05, 4.69) is 0 Å². The summed E-state index contributed by atoms with van der Waals surface area (Å²) in [5.41, 5.74) is 0.0410. The number of rotatable bonds is 6. The van der Waals surface area contributed by atoms with Gasteiger partial charge in [0.1, 0.15) is 11.9 Å². The van der Waals surface area contributed by atoms with Crippen molar-refractivity contribution in [3.05, 3.63) is 71.0 Å². The lowest BCUT2D eigenvalue weighted by Crippen LogP contribution is -2.47. The molecule has 1 N–H and O–H groups in total. The Bertz CT molecular complexity index is 1030. The second-order valence-corrected chi connectivity index (χ2v) is 8.72. The lowest BCUT2D eigenvalue weighted by atomic mass is 9.82. The molecule has 2 aromatic rings. The first-order valence-electron chi connectivity index (χ1n) is 9.15. The molecule has 3 atom stereocenters. The fourth-order valence-electron chi connectivity index (χ4n) is 3.89. The second kappa shape index (κ2) is 8.65. The number of hydrogen-bond donors (Lipinski definition) is 1. The molecule has 0 spiro atoms. The minimum atomic E-state index is -4.11. The highest BCUT2D eigenvalue weighted by atomic mass is 32.2. The molecule has 1 fully saturated rings. The van der Waals surface area contributed by atoms with Crippen molar-refractivity contribution in [3.8, 4) is 0 Å². The molecule has 0 saturated carbocycles. The van der Waals surface area contributed by atoms with Gasteiger partial charge in [-0.05, 0) is 36.6 Å². The number of likely N-dealkylation sites (tertiary alicyclic amines) is 1. The van der Waals surface area contributed by atoms with Crippen LogP contribution in [0.5, 0.6) is 0 Å². The Labute approximate surface area is 172 Å². The summed E-state index contributed by atoms with van der Waals surface area (Å²) in [6.45, 7) is 0.144. The van der Waals surface area contributed by atoms with Gasteiger partial charge in [-0.1, -0.05) is 24.3 Å². The Kier molecular flexibility index (Phi) is 6.37. The van der Waals surface area contributed by atoms with Gasteiger partial charge in [0.05, 0.1) is 12.3 Å². The molecular weight excluding hydrogens is 423 g/mol. The Balaban J connectivity index is 2.21. The van der Waals surface area contributed by atoms with Crippen molar-refractivity contribution < 1.29 is 35.7 Å². The first kappa shape index (κ1) is 22.1. The molecule has 1 aliphatic heterocycles. The van der Waals surface area contributed by atoms with Crippen molar-refractivity contribution in [2.75, 3.05) is 12.8 Å². The Morgan fingerprint density at radius 2 is 1.83 bits per heavy atom. The quantitative estimate of drug-likeness (QED) is 0.688. The van der Waals surface area contributed by atoms with Crippen molar-refractivity contribution in [1.82, 2.24) is 4.90 Å². The molecule has 1 aliphatic rings. The van der Waals surface area contributed by atoms with Crippen LogP contribution < -0.4 is 0 Å². The number of benzene rings is 2. The summed E-state index contributed by atoms with van der Waals surface area (Å²) in [7, 11) is -4.11. The summed E-state index contributed by atoms with van der Waals surface area (Å²) in [5, 5.41) is 9.53. The summed E-state index contributed by atoms with van der Waals surface area (Å²) >= 11 is 0. The minimum Gasteiger partial charge on any atom is -0.465 e. The van der Waals surface area contributed by atoms with Crippen LogP contribution in [-0.2, 0) is 14.3 Å². The third-order valence-electron chi connectivity index (χ3n) is 5.08. The van der Waals surface area contributed by atoms with Gasteiger partial charge in [0.15, 0.2) is 11.6 Å². The lowest BCUT2D eigenvalue weighted by Gasteiger charge is -2.35. The van der Waals surface area contributed by atoms with Gasteiger partial charge in [0.25, 0.3) is 10.1 Å². The predicted molar refractivity (Wildman–Crippen MR) is 102 cm³/mol. The maximum Gasteiger partial charge on any atom is 0.407 e. The van der Waals surface area contributed by atoms with E-state index in [-0.39, 0.29) is 24.1 Å². The zero-order valence-corrected chi connectivity index (χ0v) is 16.8. The van der Waals surface area contributed by atoms with Gasteiger partial charge in [-0.2, -0.15) is 8.42 Å². The van der Waals surface area contributed by atoms with E-state index < -0.39 is 51.7 Å². The number of amides is 1. The molecule has 1 unspecified atom stereocenters. The van der Waals surface area contributed by atoms with Gasteiger partial charge >= 0.3 is 6.09 Å². The van der Waals surface area contributed by atoms with Crippen molar-refractivity contribution in [1.29, 1.82) is 0 Å². The second-order valence-electron chi connectivity index (χ2n) is 7.12. The molecule has 6 nitrogen and oxygen atoms in total. The fourth-order valence-corrected chi connectivity index (χ4v) is 4.54. The van der Waals surface area contributed by atoms with Gasteiger partial charge in [-0.25, -0.2) is 18.0 Å². The first-order valence-corrected chi connectivity index (χ1v) is 11.0. The summed E-state index contributed by atoms with van der Waals surface area (Å²) in [4.78, 5) is 12.7. The van der Waals surface area contributed by atoms with Crippen LogP contribution in [0.25, 0.3) is 0 Å². The summed E-state index contributed by atoms with van der Waals surface area (Å²) in [6, 6.07) is 7.31. The van der Waals surface area contributed by atoms with Crippen LogP contribution in [0.4, 0.5) is 18.0 Å². The van der Waals surface area contributed by atoms with Crippen molar-refractivity contribution in [2.24, 2.45) is 0 Å². The normalized spacial score (nSPS) is 18.9. The molecule has 1 heterocycles. The van der Waals surface area contributed by atoms with E-state index in [1.165, 1.54) is 24.3 Å². The van der Waals surface area contributed by atoms with E-state index >= 15 is 0 Å². The van der Waals surface area contributed by atoms with E-state index in [1.54, 1.807) is 0 Å². The summed E-state index contributed by atoms with van der Waals surface area (Å²) < 4.78 is 71.6. The zero-order chi connectivity index (χ0) is 22.1. The van der Waals surface area contributed by atoms with Gasteiger partial charge in [0, 0.05) is 18.0 Å². The van der Waals surface area contributed by atoms with E-state index in [9.17, 15) is 31.5 Å². The number of carbonyl (C=O) groups is 1. The zero-order valence-electron chi connectivity index (χ0n) is 16.0. The van der Waals surface area contributed by atoms with Crippen molar-refractivity contribution >= 4 is 16.2 Å². The van der Waals surface area contributed by atoms with Crippen LogP contribution in [0.3, 0.4) is 0 Å². The minimum absolute atomic E-state index is 0.144. The molecule has 1 amide bonds. The van der Waals surface area contributed by atoms with Crippen LogP contribution in [0, 0.1) is 17.5 Å². The molecule has 3 rings (SSSR count). The monoisotopic (exact) mass is 443 g/mol. The highest BCUT2D eigenvalue weighted by Gasteiger charge is 2.43. The number of carboxylic acid groups (broad SMARTS) is 1. The molecule has 0 aliphatic carbocycles. The van der Waals surface area contributed by atoms with Gasteiger partial charge < -0.3 is 10.0 Å². The molecule has 0 aromatic heterocycles. The number of halogens is 3. The van der Waals surface area contributed by atoms with E-state index in [0.717, 1.165) is 29.4 Å². The third kappa shape index (κ3) is 4.76. The van der Waals surface area contributed by atoms with Crippen LogP contribution in [0.15, 0.2) is 42.5 Å². The van der Waals surface area contributed by atoms with Gasteiger partial charge in [0.2, 0.25) is 0 Å². The third-order valence-corrected chi connectivity index (χ3v) is 5.66. The van der Waals surface area contributed by atoms with Crippen molar-refractivity contribution in [3.63, 3.8) is 0 Å². The highest BCUT2D eigenvalue weighted by Crippen LogP contribution is 2.38. The molecule has 2 aromatic carbocycles. The van der Waals surface area contributed by atoms with E-state index in [4.69, 9.17) is 4.18 Å². The summed E-state index contributed by atoms with van der Waals surface area (Å²) in [6.07, 6.45) is -1.16. The SMILES string of the molecule is CS(=O)(=O)O[C@@H](C1CCCN1C(=O)O)[C@H](c1ccc(F)cc1)c1cccc(F)c1F. The molecule has 10 heteroatoms. The fraction of sp³-hybridized carbons (Fsp3) is 0.350. The summed E-state index contributed by atoms with van der Waals surface area (Å²) in [5.74, 6) is -4.15. The number of nitrogens with zero attached hydrogens (tertiary/aromatic N) is 1. The Hall–Kier alpha value is -2.59. The van der Waals surface area contributed by atoms with E-state index in [0.29, 0.717) is 6.42 Å². The van der Waals surface area contributed by atoms with Gasteiger partial charge in [-0.15, -0.1) is 0 Å². The predicted octanol–water partition coefficient (Wildman–Crippen LogP) is 3.72. The largest absolute Gasteiger partial charge is 0.465 e. The van der Waals surface area contributed by atoms with Crippen LogP contribution >= 0.6 is 0 Å². The van der Waals surface area contributed by atoms with Crippen LogP contribution in [0.2, 0.25) is 0 Å². The Morgan fingerprint density at radius 1 is 1.17 bits per heavy atom. The lowest BCUT2D eigenvalue weighted by molar-refractivity contribution is 0.0771. The average molecular weight is 443 g/mol. The standard InChI is InChI=1S/C20H20F3NO5S/c1-30(27,28)29-19(16-6-3-11-24(16)20(25)26)17(12-7-9-13(21)10-8-12)14-4-2-5-15(22)18(14)23/h2,4-5,7-10,16-17,19H,3,6,11H2,1H3,(H,25,26)/t16?,17-,19+/m1/s1. The molecular formula is C20H20F3NO5S. The van der Waals surface area contributed by atoms with E-state index in [1.807, 2.05) is 0 Å². The smallest absolute Gasteiger partial charge is 0.407 e. The van der Waals surface area contributed by atoms with Crippen molar-refractivity contribution in [2.45, 2.75) is 30.9 Å². The molecule has 0 bridgehead atoms. The average Bonchev–Trinajstić information content (AvgIpc) is 3.15. The molecule has 162 valence electrons. The highest BCUT2D eigenvalue weighted by molar-refractivity contribution is 7.86. The topological polar surface area (TPSA) is 83.9 Å². The molecule has 0 radical (unpaired) electrons. The first-order chi connectivity index (χ1) is 14.1. The Morgan fingerprint density at radius 3 is 2.43 bits per heavy atom. The maximum atomic E-state index is 14.8.